The molecule has 36 heavy (non-hydrogen) atoms. The number of benzene rings is 4. The van der Waals surface area contributed by atoms with Crippen molar-refractivity contribution < 1.29 is 4.79 Å². The molecule has 1 aliphatic carbocycles. The van der Waals surface area contributed by atoms with Crippen LogP contribution in [0.5, 0.6) is 0 Å². The first-order valence-electron chi connectivity index (χ1n) is 13.3. The molecule has 4 aromatic carbocycles. The Morgan fingerprint density at radius 3 is 2.36 bits per heavy atom. The van der Waals surface area contributed by atoms with E-state index in [-0.39, 0.29) is 11.8 Å². The molecule has 5 rings (SSSR count). The lowest BCUT2D eigenvalue weighted by atomic mass is 9.81. The highest BCUT2D eigenvalue weighted by molar-refractivity contribution is 5.90. The Labute approximate surface area is 215 Å². The van der Waals surface area contributed by atoms with E-state index < -0.39 is 0 Å². The second-order valence-electron chi connectivity index (χ2n) is 10.6. The number of ketones is 1. The van der Waals surface area contributed by atoms with Crippen LogP contribution in [0, 0.1) is 26.7 Å². The minimum Gasteiger partial charge on any atom is -0.299 e. The van der Waals surface area contributed by atoms with Crippen molar-refractivity contribution in [2.24, 2.45) is 5.92 Å². The van der Waals surface area contributed by atoms with Gasteiger partial charge in [0.1, 0.15) is 5.78 Å². The number of aryl methyl sites for hydroxylation is 4. The Balaban J connectivity index is 1.40. The molecule has 2 atom stereocenters. The van der Waals surface area contributed by atoms with Crippen LogP contribution < -0.4 is 0 Å². The highest BCUT2D eigenvalue weighted by atomic mass is 16.1. The monoisotopic (exact) mass is 472 g/mol. The van der Waals surface area contributed by atoms with E-state index in [1.54, 1.807) is 0 Å². The van der Waals surface area contributed by atoms with Crippen molar-refractivity contribution in [3.8, 4) is 0 Å². The van der Waals surface area contributed by atoms with Crippen molar-refractivity contribution >= 4 is 22.1 Å². The number of hydrogen-bond acceptors (Lipinski definition) is 1. The van der Waals surface area contributed by atoms with Crippen molar-refractivity contribution in [2.75, 3.05) is 0 Å². The standard InChI is InChI=1S/C35H36O/c1-24-16-18-28(19-17-24)30-22-33(32-21-29-14-9-10-25(2)31(29)20-26(32)3)34(23-30)35(36)15-8-7-13-27-11-5-4-6-12-27/h4-6,9-12,14,16-21,23,33-34H,7-8,13,15,22H2,1-3H3. The molecule has 0 heterocycles. The van der Waals surface area contributed by atoms with E-state index in [1.165, 1.54) is 49.7 Å². The van der Waals surface area contributed by atoms with Crippen LogP contribution >= 0.6 is 0 Å². The molecular weight excluding hydrogens is 436 g/mol. The molecule has 1 nitrogen and oxygen atoms in total. The second-order valence-corrected chi connectivity index (χ2v) is 10.6. The third-order valence-corrected chi connectivity index (χ3v) is 7.91. The summed E-state index contributed by atoms with van der Waals surface area (Å²) in [6.07, 6.45) is 6.89. The molecule has 0 N–H and O–H groups in total. The maximum atomic E-state index is 13.7. The van der Waals surface area contributed by atoms with E-state index in [9.17, 15) is 4.79 Å². The molecule has 0 radical (unpaired) electrons. The summed E-state index contributed by atoms with van der Waals surface area (Å²) >= 11 is 0. The number of carbonyl (C=O) groups excluding carboxylic acids is 1. The summed E-state index contributed by atoms with van der Waals surface area (Å²) in [6, 6.07) is 30.6. The Bertz CT molecular complexity index is 1390. The molecule has 0 saturated carbocycles. The van der Waals surface area contributed by atoms with Crippen LogP contribution in [0.15, 0.2) is 91.0 Å². The zero-order valence-corrected chi connectivity index (χ0v) is 21.8. The van der Waals surface area contributed by atoms with E-state index in [0.29, 0.717) is 12.2 Å². The molecule has 0 fully saturated rings. The second kappa shape index (κ2) is 10.7. The van der Waals surface area contributed by atoms with Gasteiger partial charge in [0.15, 0.2) is 0 Å². The third kappa shape index (κ3) is 5.21. The van der Waals surface area contributed by atoms with Crippen LogP contribution in [0.3, 0.4) is 0 Å². The van der Waals surface area contributed by atoms with Gasteiger partial charge >= 0.3 is 0 Å². The number of hydrogen-bond donors (Lipinski definition) is 0. The van der Waals surface area contributed by atoms with Crippen molar-refractivity contribution in [3.05, 3.63) is 124 Å². The predicted octanol–water partition coefficient (Wildman–Crippen LogP) is 8.93. The van der Waals surface area contributed by atoms with Crippen LogP contribution in [-0.2, 0) is 11.2 Å². The summed E-state index contributed by atoms with van der Waals surface area (Å²) in [7, 11) is 0. The molecule has 0 aromatic heterocycles. The molecular formula is C35H36O. The molecule has 0 spiro atoms. The molecule has 2 unspecified atom stereocenters. The molecule has 182 valence electrons. The minimum atomic E-state index is -0.0565. The van der Waals surface area contributed by atoms with Gasteiger partial charge in [-0.2, -0.15) is 0 Å². The number of rotatable bonds is 8. The summed E-state index contributed by atoms with van der Waals surface area (Å²) in [5.41, 5.74) is 9.10. The first-order chi connectivity index (χ1) is 17.5. The molecule has 0 saturated heterocycles. The van der Waals surface area contributed by atoms with Gasteiger partial charge < -0.3 is 0 Å². The number of Topliss-reactive ketones (excluding diaryl/α,β-unsaturated/α-hetero) is 1. The number of carbonyl (C=O) groups is 1. The van der Waals surface area contributed by atoms with Crippen LogP contribution in [-0.4, -0.2) is 5.78 Å². The van der Waals surface area contributed by atoms with Crippen LogP contribution in [0.2, 0.25) is 0 Å². The lowest BCUT2D eigenvalue weighted by Gasteiger charge is -2.22. The van der Waals surface area contributed by atoms with Gasteiger partial charge in [-0.3, -0.25) is 4.79 Å². The molecule has 0 aliphatic heterocycles. The normalized spacial score (nSPS) is 17.4. The third-order valence-electron chi connectivity index (χ3n) is 7.91. The predicted molar refractivity (Wildman–Crippen MR) is 152 cm³/mol. The number of allylic oxidation sites excluding steroid dienone is 2. The highest BCUT2D eigenvalue weighted by Crippen LogP contribution is 2.45. The molecule has 0 amide bonds. The van der Waals surface area contributed by atoms with E-state index >= 15 is 0 Å². The van der Waals surface area contributed by atoms with Crippen LogP contribution in [0.1, 0.15) is 65.0 Å². The first kappa shape index (κ1) is 24.3. The maximum absolute atomic E-state index is 13.7. The summed E-state index contributed by atoms with van der Waals surface area (Å²) in [5.74, 6) is 0.533. The Hall–Kier alpha value is -3.45. The van der Waals surface area contributed by atoms with Crippen molar-refractivity contribution in [1.29, 1.82) is 0 Å². The van der Waals surface area contributed by atoms with Gasteiger partial charge in [-0.15, -0.1) is 0 Å². The van der Waals surface area contributed by atoms with Crippen LogP contribution in [0.25, 0.3) is 16.3 Å². The largest absolute Gasteiger partial charge is 0.299 e. The fourth-order valence-electron chi connectivity index (χ4n) is 5.81. The summed E-state index contributed by atoms with van der Waals surface area (Å²) < 4.78 is 0. The van der Waals surface area contributed by atoms with Crippen molar-refractivity contribution in [2.45, 2.75) is 58.8 Å². The Kier molecular flexibility index (Phi) is 7.18. The number of unbranched alkanes of at least 4 members (excludes halogenated alkanes) is 1. The average Bonchev–Trinajstić information content (AvgIpc) is 3.33. The van der Waals surface area contributed by atoms with E-state index in [2.05, 4.69) is 112 Å². The summed E-state index contributed by atoms with van der Waals surface area (Å²) in [5, 5.41) is 2.58. The SMILES string of the molecule is Cc1ccc(C2=CC(C(=O)CCCCc3ccccc3)C(c3cc4cccc(C)c4cc3C)C2)cc1. The maximum Gasteiger partial charge on any atom is 0.140 e. The molecule has 1 aliphatic rings. The van der Waals surface area contributed by atoms with E-state index in [1.807, 2.05) is 0 Å². The fourth-order valence-corrected chi connectivity index (χ4v) is 5.81. The van der Waals surface area contributed by atoms with Crippen molar-refractivity contribution in [3.63, 3.8) is 0 Å². The fraction of sp³-hybridized carbons (Fsp3) is 0.286. The minimum absolute atomic E-state index is 0.0565. The lowest BCUT2D eigenvalue weighted by Crippen LogP contribution is -2.18. The highest BCUT2D eigenvalue weighted by Gasteiger charge is 2.34. The van der Waals surface area contributed by atoms with E-state index in [4.69, 9.17) is 0 Å². The van der Waals surface area contributed by atoms with E-state index in [0.717, 1.165) is 25.7 Å². The molecule has 4 aromatic rings. The number of fused-ring (bicyclic) bond motifs is 1. The summed E-state index contributed by atoms with van der Waals surface area (Å²) in [6.45, 7) is 6.51. The van der Waals surface area contributed by atoms with Gasteiger partial charge in [0.05, 0.1) is 0 Å². The molecule has 1 heteroatoms. The quantitative estimate of drug-likeness (QED) is 0.234. The van der Waals surface area contributed by atoms with Gasteiger partial charge in [-0.25, -0.2) is 0 Å². The van der Waals surface area contributed by atoms with Gasteiger partial charge in [0.2, 0.25) is 0 Å². The summed E-state index contributed by atoms with van der Waals surface area (Å²) in [4.78, 5) is 13.7. The molecule has 0 bridgehead atoms. The zero-order chi connectivity index (χ0) is 25.1. The van der Waals surface area contributed by atoms with Gasteiger partial charge in [0.25, 0.3) is 0 Å². The van der Waals surface area contributed by atoms with Gasteiger partial charge in [-0.05, 0) is 90.6 Å². The van der Waals surface area contributed by atoms with Crippen molar-refractivity contribution in [1.82, 2.24) is 0 Å². The Morgan fingerprint density at radius 1 is 0.806 bits per heavy atom. The van der Waals surface area contributed by atoms with Gasteiger partial charge in [0, 0.05) is 18.3 Å². The zero-order valence-electron chi connectivity index (χ0n) is 21.8. The van der Waals surface area contributed by atoms with Gasteiger partial charge in [-0.1, -0.05) is 96.6 Å². The first-order valence-corrected chi connectivity index (χ1v) is 13.3. The lowest BCUT2D eigenvalue weighted by molar-refractivity contribution is -0.122. The topological polar surface area (TPSA) is 17.1 Å². The average molecular weight is 473 g/mol. The van der Waals surface area contributed by atoms with Crippen LogP contribution in [0.4, 0.5) is 0 Å². The Morgan fingerprint density at radius 2 is 1.58 bits per heavy atom. The smallest absolute Gasteiger partial charge is 0.140 e.